The second kappa shape index (κ2) is 9.62. The van der Waals surface area contributed by atoms with Crippen LogP contribution in [0.2, 0.25) is 0 Å². The monoisotopic (exact) mass is 443 g/mol. The minimum Gasteiger partial charge on any atom is -0.346 e. The second-order valence-electron chi connectivity index (χ2n) is 7.95. The van der Waals surface area contributed by atoms with Gasteiger partial charge >= 0.3 is 0 Å². The lowest BCUT2D eigenvalue weighted by molar-refractivity contribution is -0.114. The lowest BCUT2D eigenvalue weighted by Gasteiger charge is -2.26. The number of anilines is 1. The number of hydrogen-bond donors (Lipinski definition) is 2. The van der Waals surface area contributed by atoms with Crippen LogP contribution in [-0.2, 0) is 14.8 Å². The third kappa shape index (κ3) is 5.51. The summed E-state index contributed by atoms with van der Waals surface area (Å²) in [5.74, 6) is -0.525. The Morgan fingerprint density at radius 2 is 1.74 bits per heavy atom. The average molecular weight is 444 g/mol. The van der Waals surface area contributed by atoms with Crippen LogP contribution in [0.5, 0.6) is 0 Å². The van der Waals surface area contributed by atoms with Gasteiger partial charge in [0, 0.05) is 31.3 Å². The topological polar surface area (TPSA) is 95.6 Å². The number of amides is 2. The molecule has 2 amide bonds. The van der Waals surface area contributed by atoms with Gasteiger partial charge in [-0.05, 0) is 62.1 Å². The molecule has 0 aliphatic carbocycles. The van der Waals surface area contributed by atoms with Crippen molar-refractivity contribution in [3.8, 4) is 0 Å². The van der Waals surface area contributed by atoms with E-state index in [4.69, 9.17) is 0 Å². The van der Waals surface area contributed by atoms with Crippen LogP contribution in [0.25, 0.3) is 0 Å². The van der Waals surface area contributed by atoms with Gasteiger partial charge in [-0.15, -0.1) is 0 Å². The molecule has 1 aliphatic heterocycles. The molecule has 2 aromatic carbocycles. The molecule has 0 bridgehead atoms. The highest BCUT2D eigenvalue weighted by Crippen LogP contribution is 2.25. The molecule has 0 aromatic heterocycles. The third-order valence-corrected chi connectivity index (χ3v) is 7.48. The standard InChI is InChI=1S/C23H29N3O4S/c1-16-10-11-20(15-22(16)31(29,30)26-12-5-4-6-13-26)23(28)24-17(2)19-8-7-9-21(14-19)25-18(3)27/h7-11,14-15,17H,4-6,12-13H2,1-3H3,(H,24,28)(H,25,27). The van der Waals surface area contributed by atoms with Crippen molar-refractivity contribution in [2.45, 2.75) is 51.0 Å². The molecular formula is C23H29N3O4S. The third-order valence-electron chi connectivity index (χ3n) is 5.44. The molecule has 166 valence electrons. The maximum absolute atomic E-state index is 13.1. The van der Waals surface area contributed by atoms with Crippen LogP contribution in [0.1, 0.15) is 60.6 Å². The van der Waals surface area contributed by atoms with Crippen LogP contribution < -0.4 is 10.6 Å². The van der Waals surface area contributed by atoms with Gasteiger partial charge in [0.1, 0.15) is 0 Å². The maximum Gasteiger partial charge on any atom is 0.251 e. The highest BCUT2D eigenvalue weighted by Gasteiger charge is 2.28. The van der Waals surface area contributed by atoms with E-state index in [1.807, 2.05) is 13.0 Å². The predicted molar refractivity (Wildman–Crippen MR) is 120 cm³/mol. The van der Waals surface area contributed by atoms with E-state index in [0.717, 1.165) is 24.8 Å². The van der Waals surface area contributed by atoms with Crippen LogP contribution >= 0.6 is 0 Å². The van der Waals surface area contributed by atoms with Gasteiger partial charge in [-0.1, -0.05) is 24.6 Å². The van der Waals surface area contributed by atoms with Crippen molar-refractivity contribution in [3.63, 3.8) is 0 Å². The highest BCUT2D eigenvalue weighted by atomic mass is 32.2. The van der Waals surface area contributed by atoms with Crippen LogP contribution in [0.3, 0.4) is 0 Å². The van der Waals surface area contributed by atoms with Gasteiger partial charge in [0.05, 0.1) is 10.9 Å². The first-order valence-corrected chi connectivity index (χ1v) is 11.9. The summed E-state index contributed by atoms with van der Waals surface area (Å²) in [5.41, 5.74) is 2.40. The first-order chi connectivity index (χ1) is 14.7. The number of aryl methyl sites for hydroxylation is 1. The van der Waals surface area contributed by atoms with Crippen molar-refractivity contribution in [1.29, 1.82) is 0 Å². The number of carbonyl (C=O) groups excluding carboxylic acids is 2. The van der Waals surface area contributed by atoms with E-state index in [-0.39, 0.29) is 22.8 Å². The highest BCUT2D eigenvalue weighted by molar-refractivity contribution is 7.89. The van der Waals surface area contributed by atoms with Crippen LogP contribution in [0, 0.1) is 6.92 Å². The number of nitrogens with zero attached hydrogens (tertiary/aromatic N) is 1. The van der Waals surface area contributed by atoms with E-state index in [0.29, 0.717) is 29.9 Å². The fraction of sp³-hybridized carbons (Fsp3) is 0.391. The van der Waals surface area contributed by atoms with Gasteiger partial charge in [0.25, 0.3) is 5.91 Å². The van der Waals surface area contributed by atoms with Gasteiger partial charge in [-0.25, -0.2) is 8.42 Å². The van der Waals surface area contributed by atoms with Gasteiger partial charge in [0.15, 0.2) is 0 Å². The van der Waals surface area contributed by atoms with Crippen molar-refractivity contribution >= 4 is 27.5 Å². The molecule has 1 aliphatic rings. The molecule has 1 saturated heterocycles. The minimum atomic E-state index is -3.63. The van der Waals surface area contributed by atoms with Crippen molar-refractivity contribution in [3.05, 3.63) is 59.2 Å². The molecule has 2 aromatic rings. The lowest BCUT2D eigenvalue weighted by atomic mass is 10.1. The Labute approximate surface area is 183 Å². The molecule has 31 heavy (non-hydrogen) atoms. The summed E-state index contributed by atoms with van der Waals surface area (Å²) < 4.78 is 27.7. The molecule has 0 spiro atoms. The molecule has 1 heterocycles. The Morgan fingerprint density at radius 3 is 2.42 bits per heavy atom. The van der Waals surface area contributed by atoms with Crippen LogP contribution in [0.4, 0.5) is 5.69 Å². The van der Waals surface area contributed by atoms with Crippen molar-refractivity contribution in [2.75, 3.05) is 18.4 Å². The summed E-state index contributed by atoms with van der Waals surface area (Å²) >= 11 is 0. The van der Waals surface area contributed by atoms with E-state index in [1.54, 1.807) is 37.3 Å². The van der Waals surface area contributed by atoms with E-state index in [2.05, 4.69) is 10.6 Å². The number of rotatable bonds is 6. The Balaban J connectivity index is 1.79. The van der Waals surface area contributed by atoms with Crippen LogP contribution in [-0.4, -0.2) is 37.6 Å². The summed E-state index contributed by atoms with van der Waals surface area (Å²) in [6, 6.07) is 11.7. The van der Waals surface area contributed by atoms with Gasteiger partial charge in [-0.3, -0.25) is 9.59 Å². The number of hydrogen-bond acceptors (Lipinski definition) is 4. The molecule has 2 N–H and O–H groups in total. The smallest absolute Gasteiger partial charge is 0.251 e. The zero-order chi connectivity index (χ0) is 22.6. The SMILES string of the molecule is CC(=O)Nc1cccc(C(C)NC(=O)c2ccc(C)c(S(=O)(=O)N3CCCCC3)c2)c1. The largest absolute Gasteiger partial charge is 0.346 e. The van der Waals surface area contributed by atoms with E-state index in [9.17, 15) is 18.0 Å². The van der Waals surface area contributed by atoms with Crippen molar-refractivity contribution < 1.29 is 18.0 Å². The van der Waals surface area contributed by atoms with Crippen molar-refractivity contribution in [1.82, 2.24) is 9.62 Å². The quantitative estimate of drug-likeness (QED) is 0.713. The zero-order valence-corrected chi connectivity index (χ0v) is 19.0. The van der Waals surface area contributed by atoms with Crippen molar-refractivity contribution in [2.24, 2.45) is 0 Å². The number of nitrogens with one attached hydrogen (secondary N) is 2. The molecule has 3 rings (SSSR count). The molecule has 7 nitrogen and oxygen atoms in total. The number of sulfonamides is 1. The molecule has 1 fully saturated rings. The zero-order valence-electron chi connectivity index (χ0n) is 18.1. The molecule has 1 unspecified atom stereocenters. The van der Waals surface area contributed by atoms with Gasteiger partial charge < -0.3 is 10.6 Å². The number of carbonyl (C=O) groups is 2. The first kappa shape index (κ1) is 23.0. The number of benzene rings is 2. The summed E-state index contributed by atoms with van der Waals surface area (Å²) in [6.45, 7) is 6.05. The predicted octanol–water partition coefficient (Wildman–Crippen LogP) is 3.62. The molecule has 1 atom stereocenters. The Hall–Kier alpha value is -2.71. The maximum atomic E-state index is 13.1. The Bertz CT molecular complexity index is 1080. The lowest BCUT2D eigenvalue weighted by Crippen LogP contribution is -2.36. The fourth-order valence-electron chi connectivity index (χ4n) is 3.72. The fourth-order valence-corrected chi connectivity index (χ4v) is 5.48. The minimum absolute atomic E-state index is 0.170. The molecule has 0 saturated carbocycles. The Kier molecular flexibility index (Phi) is 7.12. The molecule has 0 radical (unpaired) electrons. The average Bonchev–Trinajstić information content (AvgIpc) is 2.74. The van der Waals surface area contributed by atoms with Gasteiger partial charge in [0.2, 0.25) is 15.9 Å². The normalized spacial score (nSPS) is 15.8. The van der Waals surface area contributed by atoms with Gasteiger partial charge in [-0.2, -0.15) is 4.31 Å². The summed E-state index contributed by atoms with van der Waals surface area (Å²) in [7, 11) is -3.63. The molecule has 8 heteroatoms. The summed E-state index contributed by atoms with van der Waals surface area (Å²) in [5, 5.41) is 5.63. The number of piperidine rings is 1. The van der Waals surface area contributed by atoms with Crippen LogP contribution in [0.15, 0.2) is 47.4 Å². The summed E-state index contributed by atoms with van der Waals surface area (Å²) in [6.07, 6.45) is 2.75. The first-order valence-electron chi connectivity index (χ1n) is 10.5. The Morgan fingerprint density at radius 1 is 1.03 bits per heavy atom. The van der Waals surface area contributed by atoms with E-state index < -0.39 is 10.0 Å². The molecular weight excluding hydrogens is 414 g/mol. The second-order valence-corrected chi connectivity index (χ2v) is 9.85. The van der Waals surface area contributed by atoms with E-state index in [1.165, 1.54) is 17.3 Å². The summed E-state index contributed by atoms with van der Waals surface area (Å²) in [4.78, 5) is 24.3. The van der Waals surface area contributed by atoms with E-state index >= 15 is 0 Å².